The lowest BCUT2D eigenvalue weighted by Crippen LogP contribution is -2.32. The molecule has 2 aromatic carbocycles. The van der Waals surface area contributed by atoms with Crippen molar-refractivity contribution in [3.63, 3.8) is 0 Å². The second-order valence-corrected chi connectivity index (χ2v) is 7.76. The molecule has 1 atom stereocenters. The second kappa shape index (κ2) is 8.11. The highest BCUT2D eigenvalue weighted by atomic mass is 19.1. The molecule has 0 amide bonds. The van der Waals surface area contributed by atoms with Gasteiger partial charge in [0, 0.05) is 22.8 Å². The highest BCUT2D eigenvalue weighted by molar-refractivity contribution is 5.98. The van der Waals surface area contributed by atoms with E-state index in [2.05, 4.69) is 20.6 Å². The Hall–Kier alpha value is -5.09. The molecule has 6 N–H and O–H groups in total. The van der Waals surface area contributed by atoms with Gasteiger partial charge < -0.3 is 21.4 Å². The van der Waals surface area contributed by atoms with Gasteiger partial charge in [0.1, 0.15) is 35.1 Å². The minimum Gasteiger partial charge on any atom is -0.397 e. The Morgan fingerprint density at radius 2 is 1.97 bits per heavy atom. The van der Waals surface area contributed by atoms with Crippen molar-refractivity contribution in [3.8, 4) is 12.3 Å². The standard InChI is InChI=1S/C24H18FN9/c25-17-4-2-1-3-15(17)11-34-8-7-13-9-14(5-6-18(13)34)21-19-20(28)16(10-26)22(29)32-23(19)33-24(31-21)30-12-27/h1-9,21H,11H2,(H6,28,29,30,31,32,33). The molecular weight excluding hydrogens is 433 g/mol. The molecule has 5 rings (SSSR count). The van der Waals surface area contributed by atoms with Gasteiger partial charge in [-0.25, -0.2) is 14.4 Å². The van der Waals surface area contributed by atoms with Gasteiger partial charge in [-0.3, -0.25) is 5.32 Å². The molecule has 0 bridgehead atoms. The summed E-state index contributed by atoms with van der Waals surface area (Å²) in [6, 6.07) is 15.7. The number of nitrogen functional groups attached to an aromatic ring is 2. The van der Waals surface area contributed by atoms with Crippen LogP contribution in [0.5, 0.6) is 0 Å². The second-order valence-electron chi connectivity index (χ2n) is 7.76. The molecule has 1 aliphatic rings. The summed E-state index contributed by atoms with van der Waals surface area (Å²) in [6.07, 6.45) is 3.73. The minimum atomic E-state index is -0.633. The number of fused-ring (bicyclic) bond motifs is 2. The number of anilines is 3. The maximum Gasteiger partial charge on any atom is 0.211 e. The number of hydrogen-bond acceptors (Lipinski definition) is 8. The van der Waals surface area contributed by atoms with Crippen LogP contribution in [0.2, 0.25) is 0 Å². The van der Waals surface area contributed by atoms with Crippen molar-refractivity contribution in [2.45, 2.75) is 12.6 Å². The molecule has 2 aromatic heterocycles. The van der Waals surface area contributed by atoms with Crippen LogP contribution in [-0.2, 0) is 6.54 Å². The summed E-state index contributed by atoms with van der Waals surface area (Å²) >= 11 is 0. The Labute approximate surface area is 193 Å². The van der Waals surface area contributed by atoms with E-state index >= 15 is 0 Å². The number of benzene rings is 2. The fourth-order valence-electron chi connectivity index (χ4n) is 4.16. The van der Waals surface area contributed by atoms with Crippen LogP contribution in [0.3, 0.4) is 0 Å². The van der Waals surface area contributed by atoms with E-state index in [1.807, 2.05) is 53.4 Å². The van der Waals surface area contributed by atoms with E-state index in [-0.39, 0.29) is 28.8 Å². The smallest absolute Gasteiger partial charge is 0.211 e. The first kappa shape index (κ1) is 20.8. The van der Waals surface area contributed by atoms with Crippen LogP contribution in [0, 0.1) is 28.6 Å². The topological polar surface area (TPSA) is 154 Å². The van der Waals surface area contributed by atoms with Crippen LogP contribution in [0.1, 0.15) is 28.3 Å². The van der Waals surface area contributed by atoms with Crippen molar-refractivity contribution < 1.29 is 4.39 Å². The van der Waals surface area contributed by atoms with E-state index in [0.29, 0.717) is 23.5 Å². The SMILES string of the molecule is N#CNC1=NC(c2ccc3c(ccn3Cc3ccccc3F)c2)c2c(nc(N)c(C#N)c2N)N1. The van der Waals surface area contributed by atoms with Gasteiger partial charge in [0.05, 0.1) is 12.2 Å². The first-order chi connectivity index (χ1) is 16.5. The van der Waals surface area contributed by atoms with Crippen molar-refractivity contribution >= 4 is 34.2 Å². The van der Waals surface area contributed by atoms with Crippen molar-refractivity contribution in [2.24, 2.45) is 4.99 Å². The van der Waals surface area contributed by atoms with E-state index in [0.717, 1.165) is 16.5 Å². The number of pyridine rings is 1. The Bertz CT molecular complexity index is 1560. The Morgan fingerprint density at radius 3 is 2.74 bits per heavy atom. The third-order valence-electron chi connectivity index (χ3n) is 5.77. The number of guanidine groups is 1. The fraction of sp³-hybridized carbons (Fsp3) is 0.0833. The summed E-state index contributed by atoms with van der Waals surface area (Å²) in [6.45, 7) is 0.391. The predicted octanol–water partition coefficient (Wildman–Crippen LogP) is 3.20. The van der Waals surface area contributed by atoms with Gasteiger partial charge in [-0.2, -0.15) is 10.5 Å². The number of hydrogen-bond donors (Lipinski definition) is 4. The first-order valence-corrected chi connectivity index (χ1v) is 10.3. The number of halogens is 1. The van der Waals surface area contributed by atoms with Crippen molar-refractivity contribution in [1.29, 1.82) is 10.5 Å². The number of nitrogens with two attached hydrogens (primary N) is 2. The molecule has 0 radical (unpaired) electrons. The van der Waals surface area contributed by atoms with E-state index in [4.69, 9.17) is 16.7 Å². The van der Waals surface area contributed by atoms with Crippen LogP contribution in [0.25, 0.3) is 10.9 Å². The maximum absolute atomic E-state index is 14.1. The van der Waals surface area contributed by atoms with E-state index < -0.39 is 6.04 Å². The Balaban J connectivity index is 1.60. The Morgan fingerprint density at radius 1 is 1.15 bits per heavy atom. The van der Waals surface area contributed by atoms with Gasteiger partial charge in [0.25, 0.3) is 0 Å². The molecule has 0 spiro atoms. The van der Waals surface area contributed by atoms with Gasteiger partial charge in [0.15, 0.2) is 6.19 Å². The van der Waals surface area contributed by atoms with Crippen LogP contribution >= 0.6 is 0 Å². The predicted molar refractivity (Wildman–Crippen MR) is 127 cm³/mol. The van der Waals surface area contributed by atoms with E-state index in [9.17, 15) is 9.65 Å². The normalized spacial score (nSPS) is 14.4. The molecule has 4 aromatic rings. The third kappa shape index (κ3) is 3.40. The Kier molecular flexibility index (Phi) is 4.96. The summed E-state index contributed by atoms with van der Waals surface area (Å²) < 4.78 is 16.1. The van der Waals surface area contributed by atoms with Gasteiger partial charge >= 0.3 is 0 Å². The largest absolute Gasteiger partial charge is 0.397 e. The van der Waals surface area contributed by atoms with E-state index in [1.54, 1.807) is 12.1 Å². The van der Waals surface area contributed by atoms with Crippen LogP contribution in [0.4, 0.5) is 21.7 Å². The third-order valence-corrected chi connectivity index (χ3v) is 5.77. The number of nitriles is 2. The fourth-order valence-corrected chi connectivity index (χ4v) is 4.16. The van der Waals surface area contributed by atoms with Crippen molar-refractivity contribution in [3.05, 3.63) is 82.8 Å². The number of aromatic nitrogens is 2. The highest BCUT2D eigenvalue weighted by Crippen LogP contribution is 2.41. The number of aliphatic imine (C=N–C) groups is 1. The summed E-state index contributed by atoms with van der Waals surface area (Å²) in [5.41, 5.74) is 15.2. The van der Waals surface area contributed by atoms with Crippen LogP contribution in [0.15, 0.2) is 59.7 Å². The van der Waals surface area contributed by atoms with Crippen molar-refractivity contribution in [2.75, 3.05) is 16.8 Å². The molecule has 9 nitrogen and oxygen atoms in total. The average molecular weight is 451 g/mol. The molecule has 10 heteroatoms. The minimum absolute atomic E-state index is 0.0103. The van der Waals surface area contributed by atoms with E-state index in [1.165, 1.54) is 6.07 Å². The molecule has 34 heavy (non-hydrogen) atoms. The molecule has 0 fully saturated rings. The molecule has 1 aliphatic heterocycles. The molecule has 0 saturated carbocycles. The average Bonchev–Trinajstić information content (AvgIpc) is 3.22. The first-order valence-electron chi connectivity index (χ1n) is 10.3. The summed E-state index contributed by atoms with van der Waals surface area (Å²) in [4.78, 5) is 8.86. The van der Waals surface area contributed by atoms with Gasteiger partial charge in [-0.15, -0.1) is 0 Å². The van der Waals surface area contributed by atoms with Crippen LogP contribution in [-0.4, -0.2) is 15.5 Å². The lowest BCUT2D eigenvalue weighted by Gasteiger charge is -2.26. The lowest BCUT2D eigenvalue weighted by atomic mass is 9.94. The zero-order valence-corrected chi connectivity index (χ0v) is 17.7. The number of rotatable bonds is 3. The van der Waals surface area contributed by atoms with Gasteiger partial charge in [0.2, 0.25) is 5.96 Å². The number of nitrogens with one attached hydrogen (secondary N) is 2. The van der Waals surface area contributed by atoms with Gasteiger partial charge in [-0.1, -0.05) is 24.3 Å². The highest BCUT2D eigenvalue weighted by Gasteiger charge is 2.29. The lowest BCUT2D eigenvalue weighted by molar-refractivity contribution is 0.602. The molecule has 0 aliphatic carbocycles. The monoisotopic (exact) mass is 451 g/mol. The van der Waals surface area contributed by atoms with Gasteiger partial charge in [-0.05, 0) is 35.2 Å². The van der Waals surface area contributed by atoms with Crippen LogP contribution < -0.4 is 22.1 Å². The summed E-state index contributed by atoms with van der Waals surface area (Å²) in [7, 11) is 0. The molecular formula is C24H18FN9. The summed E-state index contributed by atoms with van der Waals surface area (Å²) in [5, 5.41) is 24.9. The molecule has 166 valence electrons. The molecule has 1 unspecified atom stereocenters. The maximum atomic E-state index is 14.1. The van der Waals surface area contributed by atoms with Crippen molar-refractivity contribution in [1.82, 2.24) is 14.9 Å². The zero-order valence-electron chi connectivity index (χ0n) is 17.7. The molecule has 0 saturated heterocycles. The zero-order chi connectivity index (χ0) is 23.8. The summed E-state index contributed by atoms with van der Waals surface area (Å²) in [5.74, 6) is 0.246. The molecule has 3 heterocycles. The number of nitrogens with zero attached hydrogens (tertiary/aromatic N) is 5. The quantitative estimate of drug-likeness (QED) is 0.275.